The van der Waals surface area contributed by atoms with Gasteiger partial charge in [-0.2, -0.15) is 0 Å². The molecule has 0 spiro atoms. The molecule has 0 aromatic carbocycles. The molecule has 4 heteroatoms. The number of carbonyl (C=O) groups excluding carboxylic acids is 1. The van der Waals surface area contributed by atoms with Gasteiger partial charge in [0.05, 0.1) is 6.10 Å². The minimum atomic E-state index is -0.0283. The van der Waals surface area contributed by atoms with Gasteiger partial charge in [0.1, 0.15) is 0 Å². The number of rotatable bonds is 6. The highest BCUT2D eigenvalue weighted by atomic mass is 16.5. The Morgan fingerprint density at radius 3 is 2.60 bits per heavy atom. The largest absolute Gasteiger partial charge is 0.378 e. The molecule has 1 fully saturated rings. The van der Waals surface area contributed by atoms with Gasteiger partial charge in [-0.05, 0) is 45.2 Å². The normalized spacial score (nSPS) is 15.5. The Hall–Kier alpha value is -1.42. The summed E-state index contributed by atoms with van der Waals surface area (Å²) < 4.78 is 5.77. The number of hydrogen-bond acceptors (Lipinski definition) is 3. The van der Waals surface area contributed by atoms with Crippen molar-refractivity contribution in [1.29, 1.82) is 0 Å². The van der Waals surface area contributed by atoms with Crippen LogP contribution in [0.4, 0.5) is 0 Å². The van der Waals surface area contributed by atoms with Crippen LogP contribution in [0.3, 0.4) is 0 Å². The molecular weight excluding hydrogens is 252 g/mol. The SMILES string of the molecule is Cc1cc(C(=O)NCCCOC2CCCC2)cc(C)n1. The maximum absolute atomic E-state index is 12.0. The standard InChI is InChI=1S/C16H24N2O2/c1-12-10-14(11-13(2)18-12)16(19)17-8-5-9-20-15-6-3-4-7-15/h10-11,15H,3-9H2,1-2H3,(H,17,19). The molecule has 1 aromatic heterocycles. The van der Waals surface area contributed by atoms with Crippen LogP contribution in [0, 0.1) is 13.8 Å². The minimum absolute atomic E-state index is 0.0283. The number of pyridine rings is 1. The van der Waals surface area contributed by atoms with Crippen molar-refractivity contribution in [3.63, 3.8) is 0 Å². The molecule has 1 N–H and O–H groups in total. The van der Waals surface area contributed by atoms with Gasteiger partial charge in [0.2, 0.25) is 0 Å². The fraction of sp³-hybridized carbons (Fsp3) is 0.625. The average Bonchev–Trinajstić information content (AvgIpc) is 2.90. The first-order valence-corrected chi connectivity index (χ1v) is 7.50. The van der Waals surface area contributed by atoms with Gasteiger partial charge in [-0.25, -0.2) is 0 Å². The maximum atomic E-state index is 12.0. The van der Waals surface area contributed by atoms with E-state index in [0.717, 1.165) is 24.4 Å². The number of carbonyl (C=O) groups is 1. The molecule has 110 valence electrons. The van der Waals surface area contributed by atoms with E-state index in [-0.39, 0.29) is 5.91 Å². The second-order valence-corrected chi connectivity index (χ2v) is 5.53. The molecule has 1 amide bonds. The highest BCUT2D eigenvalue weighted by Crippen LogP contribution is 2.20. The summed E-state index contributed by atoms with van der Waals surface area (Å²) in [5, 5.41) is 2.93. The van der Waals surface area contributed by atoms with Gasteiger partial charge < -0.3 is 10.1 Å². The van der Waals surface area contributed by atoms with Gasteiger partial charge in [0.15, 0.2) is 0 Å². The zero-order chi connectivity index (χ0) is 14.4. The lowest BCUT2D eigenvalue weighted by atomic mass is 10.2. The highest BCUT2D eigenvalue weighted by molar-refractivity contribution is 5.94. The highest BCUT2D eigenvalue weighted by Gasteiger charge is 2.14. The van der Waals surface area contributed by atoms with Crippen molar-refractivity contribution in [3.8, 4) is 0 Å². The lowest BCUT2D eigenvalue weighted by Crippen LogP contribution is -2.26. The Bertz CT molecular complexity index is 434. The Labute approximate surface area is 120 Å². The Morgan fingerprint density at radius 1 is 1.30 bits per heavy atom. The molecule has 4 nitrogen and oxygen atoms in total. The van der Waals surface area contributed by atoms with Gasteiger partial charge in [-0.3, -0.25) is 9.78 Å². The van der Waals surface area contributed by atoms with E-state index in [1.165, 1.54) is 25.7 Å². The zero-order valence-electron chi connectivity index (χ0n) is 12.4. The summed E-state index contributed by atoms with van der Waals surface area (Å²) >= 11 is 0. The summed E-state index contributed by atoms with van der Waals surface area (Å²) in [7, 11) is 0. The van der Waals surface area contributed by atoms with E-state index < -0.39 is 0 Å². The monoisotopic (exact) mass is 276 g/mol. The van der Waals surface area contributed by atoms with Crippen LogP contribution < -0.4 is 5.32 Å². The predicted molar refractivity (Wildman–Crippen MR) is 78.9 cm³/mol. The topological polar surface area (TPSA) is 51.2 Å². The third-order valence-electron chi connectivity index (χ3n) is 3.61. The molecule has 0 aliphatic heterocycles. The smallest absolute Gasteiger partial charge is 0.251 e. The molecule has 1 aromatic rings. The van der Waals surface area contributed by atoms with Crippen LogP contribution in [-0.2, 0) is 4.74 Å². The van der Waals surface area contributed by atoms with Crippen molar-refractivity contribution in [2.45, 2.75) is 52.1 Å². The zero-order valence-corrected chi connectivity index (χ0v) is 12.4. The molecule has 1 aliphatic carbocycles. The summed E-state index contributed by atoms with van der Waals surface area (Å²) in [6, 6.07) is 3.63. The number of aryl methyl sites for hydroxylation is 2. The van der Waals surface area contributed by atoms with Gasteiger partial charge in [0, 0.05) is 30.1 Å². The first kappa shape index (κ1) is 15.0. The summed E-state index contributed by atoms with van der Waals surface area (Å²) in [4.78, 5) is 16.3. The number of nitrogens with one attached hydrogen (secondary N) is 1. The van der Waals surface area contributed by atoms with E-state index in [9.17, 15) is 4.79 Å². The molecule has 0 saturated heterocycles. The van der Waals surface area contributed by atoms with Crippen molar-refractivity contribution in [1.82, 2.24) is 10.3 Å². The van der Waals surface area contributed by atoms with Crippen LogP contribution in [0.5, 0.6) is 0 Å². The average molecular weight is 276 g/mol. The van der Waals surface area contributed by atoms with Crippen LogP contribution >= 0.6 is 0 Å². The van der Waals surface area contributed by atoms with Gasteiger partial charge in [-0.1, -0.05) is 12.8 Å². The van der Waals surface area contributed by atoms with E-state index in [1.54, 1.807) is 0 Å². The predicted octanol–water partition coefficient (Wildman–Crippen LogP) is 2.78. The fourth-order valence-corrected chi connectivity index (χ4v) is 2.65. The first-order chi connectivity index (χ1) is 9.65. The molecular formula is C16H24N2O2. The van der Waals surface area contributed by atoms with E-state index in [1.807, 2.05) is 26.0 Å². The second-order valence-electron chi connectivity index (χ2n) is 5.53. The van der Waals surface area contributed by atoms with Gasteiger partial charge >= 0.3 is 0 Å². The minimum Gasteiger partial charge on any atom is -0.378 e. The summed E-state index contributed by atoms with van der Waals surface area (Å²) in [6.07, 6.45) is 6.30. The fourth-order valence-electron chi connectivity index (χ4n) is 2.65. The summed E-state index contributed by atoms with van der Waals surface area (Å²) in [5.41, 5.74) is 2.44. The number of amides is 1. The quantitative estimate of drug-likeness (QED) is 0.813. The molecule has 1 heterocycles. The molecule has 20 heavy (non-hydrogen) atoms. The summed E-state index contributed by atoms with van der Waals surface area (Å²) in [6.45, 7) is 5.20. The van der Waals surface area contributed by atoms with Crippen molar-refractivity contribution in [2.75, 3.05) is 13.2 Å². The lowest BCUT2D eigenvalue weighted by Gasteiger charge is -2.11. The van der Waals surface area contributed by atoms with Gasteiger partial charge in [0.25, 0.3) is 5.91 Å². The maximum Gasteiger partial charge on any atom is 0.251 e. The molecule has 0 atom stereocenters. The number of nitrogens with zero attached hydrogens (tertiary/aromatic N) is 1. The molecule has 2 rings (SSSR count). The third kappa shape index (κ3) is 4.60. The van der Waals surface area contributed by atoms with Crippen molar-refractivity contribution in [2.24, 2.45) is 0 Å². The number of aromatic nitrogens is 1. The molecule has 0 radical (unpaired) electrons. The van der Waals surface area contributed by atoms with E-state index in [4.69, 9.17) is 4.74 Å². The number of hydrogen-bond donors (Lipinski definition) is 1. The second kappa shape index (κ2) is 7.39. The first-order valence-electron chi connectivity index (χ1n) is 7.50. The van der Waals surface area contributed by atoms with Crippen molar-refractivity contribution >= 4 is 5.91 Å². The van der Waals surface area contributed by atoms with Crippen LogP contribution in [0.1, 0.15) is 53.8 Å². The lowest BCUT2D eigenvalue weighted by molar-refractivity contribution is 0.0565. The van der Waals surface area contributed by atoms with Crippen LogP contribution in [0.2, 0.25) is 0 Å². The van der Waals surface area contributed by atoms with Crippen LogP contribution in [0.15, 0.2) is 12.1 Å². The Morgan fingerprint density at radius 2 is 1.95 bits per heavy atom. The Kier molecular flexibility index (Phi) is 5.53. The van der Waals surface area contributed by atoms with Crippen LogP contribution in [0.25, 0.3) is 0 Å². The molecule has 1 aliphatic rings. The van der Waals surface area contributed by atoms with Gasteiger partial charge in [-0.15, -0.1) is 0 Å². The Balaban J connectivity index is 1.66. The molecule has 1 saturated carbocycles. The number of ether oxygens (including phenoxy) is 1. The molecule has 0 bridgehead atoms. The summed E-state index contributed by atoms with van der Waals surface area (Å²) in [5.74, 6) is -0.0283. The van der Waals surface area contributed by atoms with Crippen molar-refractivity contribution < 1.29 is 9.53 Å². The van der Waals surface area contributed by atoms with E-state index >= 15 is 0 Å². The van der Waals surface area contributed by atoms with E-state index in [2.05, 4.69) is 10.3 Å². The molecule has 0 unspecified atom stereocenters. The van der Waals surface area contributed by atoms with E-state index in [0.29, 0.717) is 18.2 Å². The third-order valence-corrected chi connectivity index (χ3v) is 3.61. The van der Waals surface area contributed by atoms with Crippen molar-refractivity contribution in [3.05, 3.63) is 29.1 Å². The van der Waals surface area contributed by atoms with Crippen LogP contribution in [-0.4, -0.2) is 30.1 Å².